The first-order valence-electron chi connectivity index (χ1n) is 8.89. The first kappa shape index (κ1) is 20.8. The number of aliphatic hydroxyl groups excluding tert-OH is 1. The second-order valence-electron chi connectivity index (χ2n) is 6.41. The number of aryl methyl sites for hydroxylation is 1. The Morgan fingerprint density at radius 1 is 1.36 bits per heavy atom. The van der Waals surface area contributed by atoms with Crippen molar-refractivity contribution in [2.45, 2.75) is 29.9 Å². The van der Waals surface area contributed by atoms with Gasteiger partial charge in [-0.05, 0) is 19.1 Å². The van der Waals surface area contributed by atoms with E-state index in [-0.39, 0.29) is 18.6 Å². The third kappa shape index (κ3) is 5.09. The highest BCUT2D eigenvalue weighted by atomic mass is 32.2. The van der Waals surface area contributed by atoms with Crippen molar-refractivity contribution in [2.75, 3.05) is 33.1 Å². The van der Waals surface area contributed by atoms with Crippen molar-refractivity contribution < 1.29 is 24.1 Å². The van der Waals surface area contributed by atoms with E-state index in [9.17, 15) is 9.90 Å². The Morgan fingerprint density at radius 2 is 2.14 bits per heavy atom. The van der Waals surface area contributed by atoms with Crippen LogP contribution in [0.4, 0.5) is 0 Å². The fourth-order valence-electron chi connectivity index (χ4n) is 2.95. The van der Waals surface area contributed by atoms with Gasteiger partial charge in [-0.3, -0.25) is 4.79 Å². The lowest BCUT2D eigenvalue weighted by molar-refractivity contribution is -0.134. The van der Waals surface area contributed by atoms with Crippen LogP contribution >= 0.6 is 23.1 Å². The highest BCUT2D eigenvalue weighted by molar-refractivity contribution is 8.01. The summed E-state index contributed by atoms with van der Waals surface area (Å²) in [6, 6.07) is 5.27. The molecule has 0 aliphatic carbocycles. The zero-order chi connectivity index (χ0) is 20.1. The van der Waals surface area contributed by atoms with Crippen molar-refractivity contribution in [1.82, 2.24) is 9.88 Å². The molecule has 1 aliphatic heterocycles. The van der Waals surface area contributed by atoms with Gasteiger partial charge in [0.2, 0.25) is 5.91 Å². The monoisotopic (exact) mass is 424 g/mol. The number of thioether (sulfide) groups is 1. The molecule has 1 saturated heterocycles. The lowest BCUT2D eigenvalue weighted by Gasteiger charge is -2.36. The highest BCUT2D eigenvalue weighted by Crippen LogP contribution is 2.32. The first-order chi connectivity index (χ1) is 13.5. The van der Waals surface area contributed by atoms with E-state index in [1.807, 2.05) is 12.3 Å². The average molecular weight is 425 g/mol. The Kier molecular flexibility index (Phi) is 7.03. The molecule has 1 N–H and O–H groups in total. The molecule has 152 valence electrons. The first-order valence-corrected chi connectivity index (χ1v) is 10.8. The average Bonchev–Trinajstić information content (AvgIpc) is 3.12. The zero-order valence-corrected chi connectivity index (χ0v) is 17.7. The summed E-state index contributed by atoms with van der Waals surface area (Å²) < 4.78 is 17.3. The van der Waals surface area contributed by atoms with Crippen LogP contribution in [-0.2, 0) is 4.79 Å². The van der Waals surface area contributed by atoms with Gasteiger partial charge in [-0.2, -0.15) is 0 Å². The van der Waals surface area contributed by atoms with E-state index in [0.717, 1.165) is 10.0 Å². The van der Waals surface area contributed by atoms with Gasteiger partial charge in [0, 0.05) is 30.1 Å². The second kappa shape index (κ2) is 9.49. The summed E-state index contributed by atoms with van der Waals surface area (Å²) in [5.41, 5.74) is 0.962. The number of ether oxygens (including phenoxy) is 3. The lowest BCUT2D eigenvalue weighted by atomic mass is 10.0. The molecular weight excluding hydrogens is 400 g/mol. The molecule has 0 saturated carbocycles. The summed E-state index contributed by atoms with van der Waals surface area (Å²) in [6.07, 6.45) is -0.572. The number of hydrogen-bond acceptors (Lipinski definition) is 8. The number of amides is 1. The molecule has 7 nitrogen and oxygen atoms in total. The van der Waals surface area contributed by atoms with Crippen LogP contribution in [0.5, 0.6) is 17.2 Å². The molecule has 2 heterocycles. The fourth-order valence-corrected chi connectivity index (χ4v) is 4.70. The third-order valence-corrected chi connectivity index (χ3v) is 6.56. The lowest BCUT2D eigenvalue weighted by Crippen LogP contribution is -2.51. The number of carbonyl (C=O) groups is 1. The predicted octanol–water partition coefficient (Wildman–Crippen LogP) is 2.60. The SMILES string of the molecule is COc1ccc(O[C@@H]2CCN(C(=O)CSc3nc(C)cs3)C[C@H]2O)cc1OC. The zero-order valence-electron chi connectivity index (χ0n) is 16.1. The van der Waals surface area contributed by atoms with E-state index < -0.39 is 6.10 Å². The van der Waals surface area contributed by atoms with Crippen molar-refractivity contribution >= 4 is 29.0 Å². The Labute approximate surface area is 172 Å². The number of aliphatic hydroxyl groups is 1. The van der Waals surface area contributed by atoms with Gasteiger partial charge in [-0.1, -0.05) is 11.8 Å². The molecule has 1 aromatic heterocycles. The minimum atomic E-state index is -0.752. The summed E-state index contributed by atoms with van der Waals surface area (Å²) in [5, 5.41) is 12.4. The summed E-state index contributed by atoms with van der Waals surface area (Å²) >= 11 is 2.97. The number of methoxy groups -OCH3 is 2. The normalized spacial score (nSPS) is 19.4. The number of carbonyl (C=O) groups excluding carboxylic acids is 1. The van der Waals surface area contributed by atoms with Crippen LogP contribution < -0.4 is 14.2 Å². The van der Waals surface area contributed by atoms with Crippen molar-refractivity contribution in [3.8, 4) is 17.2 Å². The molecule has 9 heteroatoms. The molecule has 28 heavy (non-hydrogen) atoms. The largest absolute Gasteiger partial charge is 0.493 e. The summed E-state index contributed by atoms with van der Waals surface area (Å²) in [7, 11) is 3.13. The van der Waals surface area contributed by atoms with E-state index in [1.54, 1.807) is 37.3 Å². The molecule has 1 amide bonds. The Morgan fingerprint density at radius 3 is 2.79 bits per heavy atom. The molecule has 0 radical (unpaired) electrons. The second-order valence-corrected chi connectivity index (χ2v) is 8.49. The van der Waals surface area contributed by atoms with Crippen molar-refractivity contribution in [1.29, 1.82) is 0 Å². The number of benzene rings is 1. The summed E-state index contributed by atoms with van der Waals surface area (Å²) in [6.45, 7) is 2.74. The molecule has 0 bridgehead atoms. The van der Waals surface area contributed by atoms with E-state index >= 15 is 0 Å². The topological polar surface area (TPSA) is 81.1 Å². The van der Waals surface area contributed by atoms with Crippen LogP contribution in [0.1, 0.15) is 12.1 Å². The number of aromatic nitrogens is 1. The van der Waals surface area contributed by atoms with Gasteiger partial charge in [0.05, 0.1) is 26.5 Å². The van der Waals surface area contributed by atoms with Gasteiger partial charge >= 0.3 is 0 Å². The summed E-state index contributed by atoms with van der Waals surface area (Å²) in [4.78, 5) is 18.5. The molecule has 0 unspecified atom stereocenters. The maximum Gasteiger partial charge on any atom is 0.233 e. The predicted molar refractivity (Wildman–Crippen MR) is 109 cm³/mol. The van der Waals surface area contributed by atoms with Crippen LogP contribution in [0.25, 0.3) is 0 Å². The van der Waals surface area contributed by atoms with Gasteiger partial charge in [0.25, 0.3) is 0 Å². The van der Waals surface area contributed by atoms with Crippen molar-refractivity contribution in [2.24, 2.45) is 0 Å². The number of nitrogens with zero attached hydrogens (tertiary/aromatic N) is 2. The van der Waals surface area contributed by atoms with Crippen LogP contribution in [-0.4, -0.2) is 66.2 Å². The van der Waals surface area contributed by atoms with Gasteiger partial charge in [0.1, 0.15) is 18.0 Å². The molecule has 1 aliphatic rings. The molecule has 0 spiro atoms. The molecule has 1 fully saturated rings. The van der Waals surface area contributed by atoms with Crippen molar-refractivity contribution in [3.63, 3.8) is 0 Å². The van der Waals surface area contributed by atoms with E-state index in [0.29, 0.717) is 36.0 Å². The number of rotatable bonds is 7. The van der Waals surface area contributed by atoms with E-state index in [4.69, 9.17) is 14.2 Å². The number of likely N-dealkylation sites (tertiary alicyclic amines) is 1. The Hall–Kier alpha value is -1.97. The molecule has 2 aromatic rings. The van der Waals surface area contributed by atoms with Gasteiger partial charge in [-0.15, -0.1) is 11.3 Å². The minimum absolute atomic E-state index is 0.00136. The summed E-state index contributed by atoms with van der Waals surface area (Å²) in [5.74, 6) is 2.10. The van der Waals surface area contributed by atoms with Crippen LogP contribution in [0.2, 0.25) is 0 Å². The number of thiazole rings is 1. The molecule has 1 aromatic carbocycles. The Bertz CT molecular complexity index is 813. The number of hydrogen-bond donors (Lipinski definition) is 1. The van der Waals surface area contributed by atoms with Crippen LogP contribution in [0.15, 0.2) is 27.9 Å². The van der Waals surface area contributed by atoms with Gasteiger partial charge in [0.15, 0.2) is 15.8 Å². The van der Waals surface area contributed by atoms with E-state index in [2.05, 4.69) is 4.98 Å². The smallest absolute Gasteiger partial charge is 0.233 e. The highest BCUT2D eigenvalue weighted by Gasteiger charge is 2.31. The van der Waals surface area contributed by atoms with Gasteiger partial charge in [-0.25, -0.2) is 4.98 Å². The quantitative estimate of drug-likeness (QED) is 0.684. The van der Waals surface area contributed by atoms with E-state index in [1.165, 1.54) is 23.1 Å². The fraction of sp³-hybridized carbons (Fsp3) is 0.474. The molecular formula is C19H24N2O5S2. The van der Waals surface area contributed by atoms with Crippen LogP contribution in [0.3, 0.4) is 0 Å². The number of β-amino-alcohol motifs (C(OH)–C–C–N with tert-alkyl or cyclic N) is 1. The molecule has 2 atom stereocenters. The maximum absolute atomic E-state index is 12.4. The van der Waals surface area contributed by atoms with Gasteiger partial charge < -0.3 is 24.2 Å². The molecule has 3 rings (SSSR count). The maximum atomic E-state index is 12.4. The van der Waals surface area contributed by atoms with Crippen LogP contribution in [0, 0.1) is 6.92 Å². The van der Waals surface area contributed by atoms with Crippen molar-refractivity contribution in [3.05, 3.63) is 29.3 Å². The third-order valence-electron chi connectivity index (χ3n) is 4.43. The Balaban J connectivity index is 1.52. The standard InChI is InChI=1S/C19H24N2O5S2/c1-12-10-27-19(20-12)28-11-18(23)21-7-6-15(14(22)9-21)26-13-4-5-16(24-2)17(8-13)25-3/h4-5,8,10,14-15,22H,6-7,9,11H2,1-3H3/t14-,15-/m1/s1. The minimum Gasteiger partial charge on any atom is -0.493 e. The number of piperidine rings is 1.